The largest absolute Gasteiger partial charge is 0.460 e. The van der Waals surface area contributed by atoms with Gasteiger partial charge in [-0.3, -0.25) is 4.79 Å². The van der Waals surface area contributed by atoms with Crippen LogP contribution in [0.4, 0.5) is 0 Å². The predicted octanol–water partition coefficient (Wildman–Crippen LogP) is 3.33. The van der Waals surface area contributed by atoms with Gasteiger partial charge in [0.15, 0.2) is 6.29 Å². The van der Waals surface area contributed by atoms with Crippen LogP contribution in [0, 0.1) is 56.7 Å². The molecule has 1 aliphatic heterocycles. The minimum atomic E-state index is -1.57. The Morgan fingerprint density at radius 2 is 1.58 bits per heavy atom. The summed E-state index contributed by atoms with van der Waals surface area (Å²) in [6.07, 6.45) is -2.37. The highest BCUT2D eigenvalue weighted by Crippen LogP contribution is 2.76. The summed E-state index contributed by atoms with van der Waals surface area (Å²) in [5.41, 5.74) is 0.0207. The van der Waals surface area contributed by atoms with Crippen molar-refractivity contribution in [1.82, 2.24) is 0 Å². The van der Waals surface area contributed by atoms with Crippen molar-refractivity contribution < 1.29 is 49.6 Å². The van der Waals surface area contributed by atoms with E-state index >= 15 is 0 Å². The summed E-state index contributed by atoms with van der Waals surface area (Å²) in [5.74, 6) is 0.234. The van der Waals surface area contributed by atoms with Gasteiger partial charge in [0.1, 0.15) is 36.6 Å². The lowest BCUT2D eigenvalue weighted by atomic mass is 9.35. The smallest absolute Gasteiger partial charge is 0.302 e. The van der Waals surface area contributed by atoms with Crippen LogP contribution in [0.3, 0.4) is 0 Å². The molecule has 0 amide bonds. The van der Waals surface area contributed by atoms with Crippen molar-refractivity contribution in [2.75, 3.05) is 6.61 Å². The number of aliphatic hydroxyl groups is 6. The van der Waals surface area contributed by atoms with Crippen LogP contribution in [-0.4, -0.2) is 98.3 Å². The first-order chi connectivity index (χ1) is 22.2. The number of esters is 1. The summed E-state index contributed by atoms with van der Waals surface area (Å²) in [5, 5.41) is 64.7. The van der Waals surface area contributed by atoms with Crippen LogP contribution in [-0.2, 0) is 19.0 Å². The molecule has 0 unspecified atom stereocenters. The average Bonchev–Trinajstić information content (AvgIpc) is 3.20. The van der Waals surface area contributed by atoms with Gasteiger partial charge in [-0.25, -0.2) is 0 Å². The van der Waals surface area contributed by atoms with Crippen molar-refractivity contribution in [3.8, 4) is 0 Å². The Balaban J connectivity index is 1.36. The van der Waals surface area contributed by atoms with Crippen LogP contribution in [0.15, 0.2) is 11.6 Å². The SMILES string of the molecule is CC(=O)O[C@@H]1C[C@@]2(C)C3=CC[C@@]4(C)[C@@H]5[C@H](O)[C@@H](O)[C@@H](C(C)C)[C@]5(C)CC[C@]4(C)[C@@H]3CC[C@H]2C(C)(C)[C@H]1O[C@H]1O[C@@H](CO)[C@H](O)[C@@H](O)[C@@H]1O. The highest BCUT2D eigenvalue weighted by molar-refractivity contribution is 5.66. The summed E-state index contributed by atoms with van der Waals surface area (Å²) >= 11 is 0. The quantitative estimate of drug-likeness (QED) is 0.144. The fraction of sp³-hybridized carbons (Fsp3) is 0.921. The molecule has 10 nitrogen and oxygen atoms in total. The Hall–Kier alpha value is -1.11. The van der Waals surface area contributed by atoms with E-state index in [-0.39, 0.29) is 51.2 Å². The van der Waals surface area contributed by atoms with Gasteiger partial charge in [0.25, 0.3) is 0 Å². The molecule has 6 N–H and O–H groups in total. The Kier molecular flexibility index (Phi) is 9.15. The van der Waals surface area contributed by atoms with Crippen LogP contribution in [0.1, 0.15) is 101 Å². The molecule has 1 saturated heterocycles. The summed E-state index contributed by atoms with van der Waals surface area (Å²) in [6, 6.07) is 0. The summed E-state index contributed by atoms with van der Waals surface area (Å²) in [4.78, 5) is 12.6. The number of hydrogen-bond acceptors (Lipinski definition) is 10. The molecule has 0 aromatic heterocycles. The Bertz CT molecular complexity index is 1280. The molecule has 10 heteroatoms. The van der Waals surface area contributed by atoms with Gasteiger partial charge in [-0.2, -0.15) is 0 Å². The summed E-state index contributed by atoms with van der Waals surface area (Å²) in [7, 11) is 0. The number of rotatable bonds is 5. The fourth-order valence-electron chi connectivity index (χ4n) is 13.4. The van der Waals surface area contributed by atoms with Crippen molar-refractivity contribution in [3.63, 3.8) is 0 Å². The molecule has 5 fully saturated rings. The number of hydrogen-bond donors (Lipinski definition) is 6. The van der Waals surface area contributed by atoms with Crippen LogP contribution in [0.25, 0.3) is 0 Å². The van der Waals surface area contributed by atoms with Crippen molar-refractivity contribution >= 4 is 5.97 Å². The molecule has 0 aromatic rings. The van der Waals surface area contributed by atoms with Gasteiger partial charge in [-0.1, -0.05) is 67.0 Å². The van der Waals surface area contributed by atoms with Crippen LogP contribution in [0.5, 0.6) is 0 Å². The predicted molar refractivity (Wildman–Crippen MR) is 177 cm³/mol. The second-order valence-corrected chi connectivity index (χ2v) is 18.5. The number of carbonyl (C=O) groups excluding carboxylic acids is 1. The molecule has 17 atom stereocenters. The van der Waals surface area contributed by atoms with Gasteiger partial charge in [0.2, 0.25) is 0 Å². The molecule has 6 rings (SSSR count). The lowest BCUT2D eigenvalue weighted by molar-refractivity contribution is -0.336. The van der Waals surface area contributed by atoms with Crippen LogP contribution >= 0.6 is 0 Å². The third-order valence-corrected chi connectivity index (χ3v) is 15.5. The van der Waals surface area contributed by atoms with Gasteiger partial charge in [-0.15, -0.1) is 0 Å². The Labute approximate surface area is 286 Å². The van der Waals surface area contributed by atoms with Gasteiger partial charge < -0.3 is 44.8 Å². The monoisotopic (exact) mass is 678 g/mol. The standard InChI is InChI=1S/C38H62O10/c1-18(2)25-27(42)29(44)31-35(25,6)14-15-37(8)21-10-11-24-34(4,5)32(48-33-30(45)28(43)26(41)23(17-39)47-33)22(46-19(3)40)16-36(24,7)20(21)12-13-38(31,37)9/h12,18,21-33,39,41-45H,10-11,13-17H2,1-9H3/t21-,22-,23+,24+,25-,26+,27+,28-,29-,30+,31-,32+,33-,35+,36+,37-,38+/m1/s1. The first-order valence-corrected chi connectivity index (χ1v) is 18.4. The summed E-state index contributed by atoms with van der Waals surface area (Å²) in [6.45, 7) is 18.8. The second-order valence-electron chi connectivity index (χ2n) is 18.5. The van der Waals surface area contributed by atoms with Crippen LogP contribution in [0.2, 0.25) is 0 Å². The number of fused-ring (bicyclic) bond motifs is 7. The Morgan fingerprint density at radius 1 is 0.917 bits per heavy atom. The normalized spacial score (nSPS) is 54.4. The highest BCUT2D eigenvalue weighted by atomic mass is 16.7. The maximum atomic E-state index is 12.6. The van der Waals surface area contributed by atoms with E-state index in [2.05, 4.69) is 61.5 Å². The van der Waals surface area contributed by atoms with E-state index in [9.17, 15) is 35.4 Å². The van der Waals surface area contributed by atoms with E-state index in [0.717, 1.165) is 32.1 Å². The maximum absolute atomic E-state index is 12.6. The number of allylic oxidation sites excluding steroid dienone is 2. The van der Waals surface area contributed by atoms with Gasteiger partial charge in [0.05, 0.1) is 18.8 Å². The molecule has 0 radical (unpaired) electrons. The number of carbonyl (C=O) groups is 1. The topological polar surface area (TPSA) is 166 Å². The fourth-order valence-corrected chi connectivity index (χ4v) is 13.4. The molecule has 274 valence electrons. The van der Waals surface area contributed by atoms with E-state index in [0.29, 0.717) is 6.42 Å². The van der Waals surface area contributed by atoms with Crippen molar-refractivity contribution in [2.45, 2.75) is 156 Å². The molecule has 0 spiro atoms. The first kappa shape index (κ1) is 36.7. The zero-order valence-electron chi connectivity index (χ0n) is 30.4. The number of ether oxygens (including phenoxy) is 3. The molecule has 4 saturated carbocycles. The zero-order chi connectivity index (χ0) is 35.5. The van der Waals surface area contributed by atoms with Crippen molar-refractivity contribution in [3.05, 3.63) is 11.6 Å². The molecule has 0 bridgehead atoms. The minimum absolute atomic E-state index is 0.0256. The van der Waals surface area contributed by atoms with Gasteiger partial charge in [0, 0.05) is 6.92 Å². The van der Waals surface area contributed by atoms with E-state index < -0.39 is 73.1 Å². The third-order valence-electron chi connectivity index (χ3n) is 15.5. The lowest BCUT2D eigenvalue weighted by Crippen LogP contribution is -2.66. The molecular weight excluding hydrogens is 616 g/mol. The molecule has 6 aliphatic rings. The number of aliphatic hydroxyl groups excluding tert-OH is 6. The van der Waals surface area contributed by atoms with Crippen molar-refractivity contribution in [2.24, 2.45) is 56.7 Å². The molecule has 1 heterocycles. The van der Waals surface area contributed by atoms with Gasteiger partial charge >= 0.3 is 5.97 Å². The Morgan fingerprint density at radius 3 is 2.19 bits per heavy atom. The van der Waals surface area contributed by atoms with Crippen molar-refractivity contribution in [1.29, 1.82) is 0 Å². The second kappa shape index (κ2) is 12.0. The van der Waals surface area contributed by atoms with E-state index in [1.54, 1.807) is 0 Å². The average molecular weight is 679 g/mol. The minimum Gasteiger partial charge on any atom is -0.460 e. The maximum Gasteiger partial charge on any atom is 0.302 e. The zero-order valence-corrected chi connectivity index (χ0v) is 30.4. The molecular formula is C38H62O10. The van der Waals surface area contributed by atoms with E-state index in [4.69, 9.17) is 14.2 Å². The highest BCUT2D eigenvalue weighted by Gasteiger charge is 2.73. The summed E-state index contributed by atoms with van der Waals surface area (Å²) < 4.78 is 18.3. The molecule has 5 aliphatic carbocycles. The van der Waals surface area contributed by atoms with Gasteiger partial charge in [-0.05, 0) is 95.2 Å². The third kappa shape index (κ3) is 4.90. The van der Waals surface area contributed by atoms with E-state index in [1.807, 2.05) is 0 Å². The lowest BCUT2D eigenvalue weighted by Gasteiger charge is -2.69. The molecule has 48 heavy (non-hydrogen) atoms. The molecule has 0 aromatic carbocycles. The van der Waals surface area contributed by atoms with Crippen LogP contribution < -0.4 is 0 Å². The first-order valence-electron chi connectivity index (χ1n) is 18.4. The van der Waals surface area contributed by atoms with E-state index in [1.165, 1.54) is 12.5 Å².